The van der Waals surface area contributed by atoms with Crippen LogP contribution in [0.15, 0.2) is 72.0 Å². The third-order valence-electron chi connectivity index (χ3n) is 4.25. The average Bonchev–Trinajstić information content (AvgIpc) is 2.69. The van der Waals surface area contributed by atoms with E-state index in [1.807, 2.05) is 65.6 Å². The van der Waals surface area contributed by atoms with Crippen molar-refractivity contribution in [3.8, 4) is 6.07 Å². The Morgan fingerprint density at radius 2 is 1.56 bits per heavy atom. The molecule has 27 heavy (non-hydrogen) atoms. The number of carbonyl (C=O) groups excluding carboxylic acids is 1. The molecule has 0 fully saturated rings. The molecule has 1 unspecified atom stereocenters. The van der Waals surface area contributed by atoms with E-state index in [1.54, 1.807) is 19.9 Å². The van der Waals surface area contributed by atoms with Gasteiger partial charge in [0.05, 0.1) is 12.6 Å². The van der Waals surface area contributed by atoms with E-state index in [4.69, 9.17) is 4.74 Å². The minimum absolute atomic E-state index is 0.142. The molecule has 1 N–H and O–H groups in total. The summed E-state index contributed by atoms with van der Waals surface area (Å²) in [6.07, 6.45) is 0. The zero-order valence-corrected chi connectivity index (χ0v) is 15.6. The maximum Gasteiger partial charge on any atom is 0.352 e. The molecule has 0 saturated heterocycles. The number of rotatable bonds is 8. The zero-order valence-electron chi connectivity index (χ0n) is 15.6. The Balaban J connectivity index is 2.32. The van der Waals surface area contributed by atoms with E-state index in [2.05, 4.69) is 0 Å². The Bertz CT molecular complexity index is 769. The fourth-order valence-corrected chi connectivity index (χ4v) is 2.76. The van der Waals surface area contributed by atoms with E-state index in [0.717, 1.165) is 11.1 Å². The van der Waals surface area contributed by atoms with Gasteiger partial charge in [0.1, 0.15) is 11.8 Å². The number of hydrogen-bond acceptors (Lipinski definition) is 5. The summed E-state index contributed by atoms with van der Waals surface area (Å²) in [6.45, 7) is 4.69. The van der Waals surface area contributed by atoms with Crippen LogP contribution in [0, 0.1) is 11.3 Å². The summed E-state index contributed by atoms with van der Waals surface area (Å²) in [7, 11) is 0. The Morgan fingerprint density at radius 1 is 1.07 bits per heavy atom. The summed E-state index contributed by atoms with van der Waals surface area (Å²) < 4.78 is 4.88. The van der Waals surface area contributed by atoms with Crippen LogP contribution in [0.3, 0.4) is 0 Å². The summed E-state index contributed by atoms with van der Waals surface area (Å²) in [5.74, 6) is -1.08. The molecule has 2 aromatic carbocycles. The normalized spacial score (nSPS) is 12.8. The maximum absolute atomic E-state index is 12.0. The molecule has 140 valence electrons. The van der Waals surface area contributed by atoms with Gasteiger partial charge in [-0.25, -0.2) is 4.79 Å². The zero-order chi connectivity index (χ0) is 19.6. The number of benzene rings is 2. The molecule has 0 aromatic heterocycles. The topological polar surface area (TPSA) is 73.6 Å². The number of carbonyl (C=O) groups is 1. The summed E-state index contributed by atoms with van der Waals surface area (Å²) in [5.41, 5.74) is 1.79. The van der Waals surface area contributed by atoms with Gasteiger partial charge in [-0.05, 0) is 25.0 Å². The second kappa shape index (κ2) is 10.1. The molecule has 5 nitrogen and oxygen atoms in total. The highest BCUT2D eigenvalue weighted by Crippen LogP contribution is 2.19. The fourth-order valence-electron chi connectivity index (χ4n) is 2.76. The Labute approximate surface area is 160 Å². The molecule has 0 aliphatic rings. The van der Waals surface area contributed by atoms with Crippen molar-refractivity contribution in [3.05, 3.63) is 83.1 Å². The molecule has 2 rings (SSSR count). The van der Waals surface area contributed by atoms with Crippen LogP contribution in [-0.2, 0) is 22.6 Å². The minimum atomic E-state index is -0.802. The van der Waals surface area contributed by atoms with Crippen molar-refractivity contribution in [3.63, 3.8) is 0 Å². The molecule has 0 bridgehead atoms. The molecule has 0 saturated carbocycles. The average molecular weight is 364 g/mol. The lowest BCUT2D eigenvalue weighted by Gasteiger charge is -2.29. The lowest BCUT2D eigenvalue weighted by molar-refractivity contribution is -0.138. The van der Waals surface area contributed by atoms with Crippen molar-refractivity contribution in [1.29, 1.82) is 5.26 Å². The molecule has 2 aromatic rings. The van der Waals surface area contributed by atoms with Gasteiger partial charge in [-0.3, -0.25) is 4.90 Å². The quantitative estimate of drug-likeness (QED) is 0.332. The third-order valence-corrected chi connectivity index (χ3v) is 4.25. The van der Waals surface area contributed by atoms with E-state index in [-0.39, 0.29) is 17.9 Å². The van der Waals surface area contributed by atoms with E-state index >= 15 is 0 Å². The first kappa shape index (κ1) is 20.2. The molecule has 0 heterocycles. The van der Waals surface area contributed by atoms with Crippen LogP contribution in [0.4, 0.5) is 0 Å². The van der Waals surface area contributed by atoms with Crippen LogP contribution in [0.5, 0.6) is 0 Å². The number of aliphatic hydroxyl groups is 1. The van der Waals surface area contributed by atoms with Gasteiger partial charge in [0.25, 0.3) is 0 Å². The van der Waals surface area contributed by atoms with Crippen molar-refractivity contribution in [2.24, 2.45) is 0 Å². The Hall–Kier alpha value is -3.10. The maximum atomic E-state index is 12.0. The Kier molecular flexibility index (Phi) is 7.60. The molecule has 1 atom stereocenters. The molecule has 0 amide bonds. The van der Waals surface area contributed by atoms with Gasteiger partial charge in [-0.1, -0.05) is 60.7 Å². The first-order valence-electron chi connectivity index (χ1n) is 8.89. The molecule has 0 aliphatic heterocycles. The number of hydrogen-bond donors (Lipinski definition) is 1. The summed E-state index contributed by atoms with van der Waals surface area (Å²) >= 11 is 0. The lowest BCUT2D eigenvalue weighted by atomic mass is 10.1. The van der Waals surface area contributed by atoms with E-state index in [0.29, 0.717) is 13.1 Å². The predicted octanol–water partition coefficient (Wildman–Crippen LogP) is 3.98. The van der Waals surface area contributed by atoms with Gasteiger partial charge in [0, 0.05) is 13.1 Å². The Morgan fingerprint density at radius 3 is 1.96 bits per heavy atom. The number of nitriles is 1. The molecular weight excluding hydrogens is 340 g/mol. The van der Waals surface area contributed by atoms with Crippen molar-refractivity contribution in [1.82, 2.24) is 4.90 Å². The fraction of sp³-hybridized carbons (Fsp3) is 0.273. The van der Waals surface area contributed by atoms with Crippen LogP contribution in [0.1, 0.15) is 25.0 Å². The summed E-state index contributed by atoms with van der Waals surface area (Å²) in [5, 5.41) is 19.9. The number of ether oxygens (including phenoxy) is 1. The van der Waals surface area contributed by atoms with Crippen LogP contribution in [0.25, 0.3) is 0 Å². The minimum Gasteiger partial charge on any atom is -0.509 e. The van der Waals surface area contributed by atoms with Crippen LogP contribution in [0.2, 0.25) is 0 Å². The highest BCUT2D eigenvalue weighted by atomic mass is 16.5. The first-order chi connectivity index (χ1) is 13.1. The highest BCUT2D eigenvalue weighted by Gasteiger charge is 2.25. The van der Waals surface area contributed by atoms with Crippen LogP contribution >= 0.6 is 0 Å². The first-order valence-corrected chi connectivity index (χ1v) is 8.89. The highest BCUT2D eigenvalue weighted by molar-refractivity contribution is 5.93. The van der Waals surface area contributed by atoms with Gasteiger partial charge in [0.2, 0.25) is 0 Å². The van der Waals surface area contributed by atoms with E-state index in [9.17, 15) is 15.2 Å². The van der Waals surface area contributed by atoms with Crippen LogP contribution < -0.4 is 0 Å². The summed E-state index contributed by atoms with van der Waals surface area (Å²) in [4.78, 5) is 14.0. The predicted molar refractivity (Wildman–Crippen MR) is 103 cm³/mol. The van der Waals surface area contributed by atoms with Crippen LogP contribution in [-0.4, -0.2) is 28.6 Å². The molecule has 5 heteroatoms. The second-order valence-electron chi connectivity index (χ2n) is 6.14. The molecule has 0 spiro atoms. The molecule has 0 radical (unpaired) electrons. The van der Waals surface area contributed by atoms with Gasteiger partial charge in [0.15, 0.2) is 5.57 Å². The van der Waals surface area contributed by atoms with Crippen molar-refractivity contribution < 1.29 is 14.6 Å². The number of nitrogens with zero attached hydrogens (tertiary/aromatic N) is 2. The third kappa shape index (κ3) is 5.70. The molecule has 0 aliphatic carbocycles. The second-order valence-corrected chi connectivity index (χ2v) is 6.14. The summed E-state index contributed by atoms with van der Waals surface area (Å²) in [6, 6.07) is 21.0. The van der Waals surface area contributed by atoms with Gasteiger partial charge in [-0.2, -0.15) is 5.26 Å². The smallest absolute Gasteiger partial charge is 0.352 e. The number of aliphatic hydroxyl groups excluding tert-OH is 1. The largest absolute Gasteiger partial charge is 0.509 e. The van der Waals surface area contributed by atoms with Gasteiger partial charge < -0.3 is 9.84 Å². The monoisotopic (exact) mass is 364 g/mol. The number of esters is 1. The lowest BCUT2D eigenvalue weighted by Crippen LogP contribution is -2.35. The van der Waals surface area contributed by atoms with Crippen molar-refractivity contribution in [2.45, 2.75) is 33.0 Å². The molecular formula is C22H24N2O3. The van der Waals surface area contributed by atoms with Gasteiger partial charge >= 0.3 is 5.97 Å². The standard InChI is InChI=1S/C22H24N2O3/c1-3-27-22(26)20(14-23)21(25)17(2)24(15-18-10-6-4-7-11-18)16-19-12-8-5-9-13-19/h4-13,17,25H,3,15-16H2,1-2H3/b21-20-. The SMILES string of the molecule is CCOC(=O)/C(C#N)=C(\O)C(C)N(Cc1ccccc1)Cc1ccccc1. The van der Waals surface area contributed by atoms with Crippen molar-refractivity contribution in [2.75, 3.05) is 6.61 Å². The van der Waals surface area contributed by atoms with Gasteiger partial charge in [-0.15, -0.1) is 0 Å². The van der Waals surface area contributed by atoms with Crippen molar-refractivity contribution >= 4 is 5.97 Å². The van der Waals surface area contributed by atoms with E-state index < -0.39 is 12.0 Å². The van der Waals surface area contributed by atoms with E-state index in [1.165, 1.54) is 0 Å².